The molecule has 0 spiro atoms. The minimum atomic E-state index is -0.576. The van der Waals surface area contributed by atoms with E-state index in [-0.39, 0.29) is 11.6 Å². The van der Waals surface area contributed by atoms with Crippen molar-refractivity contribution in [1.82, 2.24) is 0 Å². The van der Waals surface area contributed by atoms with Gasteiger partial charge in [0.05, 0.1) is 10.8 Å². The maximum Gasteiger partial charge on any atom is 0.269 e. The van der Waals surface area contributed by atoms with Crippen molar-refractivity contribution in [3.63, 3.8) is 0 Å². The number of alkyl halides is 1. The van der Waals surface area contributed by atoms with Gasteiger partial charge in [0.15, 0.2) is 0 Å². The molecule has 2 N–H and O–H groups in total. The summed E-state index contributed by atoms with van der Waals surface area (Å²) in [4.78, 5) is 21.5. The summed E-state index contributed by atoms with van der Waals surface area (Å²) >= 11 is 5.60. The zero-order chi connectivity index (χ0) is 13.0. The third-order valence-corrected chi connectivity index (χ3v) is 2.81. The van der Waals surface area contributed by atoms with Gasteiger partial charge in [0.2, 0.25) is 5.91 Å². The van der Waals surface area contributed by atoms with E-state index in [0.29, 0.717) is 12.0 Å². The number of carbonyl (C=O) groups is 1. The second-order valence-electron chi connectivity index (χ2n) is 3.73. The van der Waals surface area contributed by atoms with Gasteiger partial charge < -0.3 is 5.73 Å². The summed E-state index contributed by atoms with van der Waals surface area (Å²) in [5.74, 6) is -0.822. The molecule has 0 aliphatic heterocycles. The van der Waals surface area contributed by atoms with Crippen LogP contribution in [0.2, 0.25) is 0 Å². The highest BCUT2D eigenvalue weighted by molar-refractivity contribution is 6.18. The molecule has 0 saturated heterocycles. The third-order valence-electron chi connectivity index (χ3n) is 2.59. The predicted molar refractivity (Wildman–Crippen MR) is 65.1 cm³/mol. The Morgan fingerprint density at radius 3 is 2.71 bits per heavy atom. The Bertz CT molecular complexity index is 448. The molecule has 6 heteroatoms. The Morgan fingerprint density at radius 2 is 2.24 bits per heavy atom. The van der Waals surface area contributed by atoms with Crippen LogP contribution in [0.3, 0.4) is 0 Å². The molecular formula is C11H13ClN2O3. The fourth-order valence-corrected chi connectivity index (χ4v) is 1.90. The van der Waals surface area contributed by atoms with Gasteiger partial charge in [-0.15, -0.1) is 11.6 Å². The second-order valence-corrected chi connectivity index (χ2v) is 4.11. The number of rotatable bonds is 5. The summed E-state index contributed by atoms with van der Waals surface area (Å²) in [5.41, 5.74) is 6.60. The summed E-state index contributed by atoms with van der Waals surface area (Å²) in [6, 6.07) is 4.40. The number of amides is 1. The molecule has 0 aliphatic carbocycles. The lowest BCUT2D eigenvalue weighted by Crippen LogP contribution is -2.22. The first-order chi connectivity index (χ1) is 7.97. The van der Waals surface area contributed by atoms with Gasteiger partial charge in [0.25, 0.3) is 5.69 Å². The van der Waals surface area contributed by atoms with Crippen molar-refractivity contribution in [1.29, 1.82) is 0 Å². The van der Waals surface area contributed by atoms with E-state index >= 15 is 0 Å². The molecule has 5 nitrogen and oxygen atoms in total. The van der Waals surface area contributed by atoms with E-state index in [0.717, 1.165) is 5.56 Å². The van der Waals surface area contributed by atoms with Crippen molar-refractivity contribution in [2.45, 2.75) is 19.3 Å². The van der Waals surface area contributed by atoms with Gasteiger partial charge in [-0.25, -0.2) is 0 Å². The number of primary amides is 1. The largest absolute Gasteiger partial charge is 0.369 e. The monoisotopic (exact) mass is 256 g/mol. The molecule has 0 bridgehead atoms. The smallest absolute Gasteiger partial charge is 0.269 e. The molecule has 17 heavy (non-hydrogen) atoms. The van der Waals surface area contributed by atoms with E-state index in [1.165, 1.54) is 12.1 Å². The van der Waals surface area contributed by atoms with Crippen LogP contribution in [0.4, 0.5) is 5.69 Å². The number of nitro benzene ring substituents is 1. The highest BCUT2D eigenvalue weighted by Gasteiger charge is 2.21. The average molecular weight is 257 g/mol. The molecule has 1 aromatic rings. The number of halogens is 1. The van der Waals surface area contributed by atoms with E-state index in [2.05, 4.69) is 0 Å². The Kier molecular flexibility index (Phi) is 4.45. The molecule has 1 rings (SSSR count). The predicted octanol–water partition coefficient (Wildman–Crippen LogP) is 2.10. The van der Waals surface area contributed by atoms with Crippen molar-refractivity contribution in [3.05, 3.63) is 39.4 Å². The summed E-state index contributed by atoms with van der Waals surface area (Å²) in [5, 5.41) is 10.7. The van der Waals surface area contributed by atoms with E-state index in [9.17, 15) is 14.9 Å². The lowest BCUT2D eigenvalue weighted by Gasteiger charge is -2.14. The van der Waals surface area contributed by atoms with Crippen molar-refractivity contribution >= 4 is 23.2 Å². The first-order valence-electron chi connectivity index (χ1n) is 5.07. The number of benzene rings is 1. The fraction of sp³-hybridized carbons (Fsp3) is 0.364. The quantitative estimate of drug-likeness (QED) is 0.497. The van der Waals surface area contributed by atoms with Gasteiger partial charge in [0.1, 0.15) is 0 Å². The topological polar surface area (TPSA) is 86.2 Å². The number of aryl methyl sites for hydroxylation is 1. The molecule has 0 aromatic heterocycles. The van der Waals surface area contributed by atoms with E-state index in [1.807, 2.05) is 0 Å². The van der Waals surface area contributed by atoms with Crippen molar-refractivity contribution in [2.24, 2.45) is 5.73 Å². The van der Waals surface area contributed by atoms with Crippen LogP contribution in [0.25, 0.3) is 0 Å². The molecule has 1 atom stereocenters. The number of carbonyl (C=O) groups excluding carboxylic acids is 1. The van der Waals surface area contributed by atoms with Crippen molar-refractivity contribution in [3.8, 4) is 0 Å². The van der Waals surface area contributed by atoms with E-state index in [1.54, 1.807) is 13.0 Å². The normalized spacial score (nSPS) is 12.1. The number of hydrogen-bond donors (Lipinski definition) is 1. The fourth-order valence-electron chi connectivity index (χ4n) is 1.68. The van der Waals surface area contributed by atoms with Gasteiger partial charge in [0, 0.05) is 18.0 Å². The van der Waals surface area contributed by atoms with Crippen LogP contribution in [-0.4, -0.2) is 16.7 Å². The molecule has 1 amide bonds. The standard InChI is InChI=1S/C11H13ClN2O3/c1-7-2-3-8(14(16)17)6-10(7)9(4-5-12)11(13)15/h2-3,6,9H,4-5H2,1H3,(H2,13,15). The summed E-state index contributed by atoms with van der Waals surface area (Å²) in [6.45, 7) is 1.78. The zero-order valence-corrected chi connectivity index (χ0v) is 10.1. The van der Waals surface area contributed by atoms with Gasteiger partial charge in [-0.3, -0.25) is 14.9 Å². The summed E-state index contributed by atoms with van der Waals surface area (Å²) < 4.78 is 0. The van der Waals surface area contributed by atoms with Crippen LogP contribution < -0.4 is 5.73 Å². The van der Waals surface area contributed by atoms with Gasteiger partial charge in [-0.05, 0) is 24.5 Å². The number of hydrogen-bond acceptors (Lipinski definition) is 3. The van der Waals surface area contributed by atoms with Crippen LogP contribution in [0.5, 0.6) is 0 Å². The maximum atomic E-state index is 11.3. The summed E-state index contributed by atoms with van der Waals surface area (Å²) in [6.07, 6.45) is 0.374. The van der Waals surface area contributed by atoms with Crippen molar-refractivity contribution in [2.75, 3.05) is 5.88 Å². The molecule has 0 radical (unpaired) electrons. The van der Waals surface area contributed by atoms with Crippen LogP contribution in [0.15, 0.2) is 18.2 Å². The maximum absolute atomic E-state index is 11.3. The van der Waals surface area contributed by atoms with Crippen LogP contribution >= 0.6 is 11.6 Å². The molecular weight excluding hydrogens is 244 g/mol. The zero-order valence-electron chi connectivity index (χ0n) is 9.35. The van der Waals surface area contributed by atoms with Crippen LogP contribution in [0, 0.1) is 17.0 Å². The summed E-state index contributed by atoms with van der Waals surface area (Å²) in [7, 11) is 0. The van der Waals surface area contributed by atoms with Gasteiger partial charge >= 0.3 is 0 Å². The van der Waals surface area contributed by atoms with Crippen LogP contribution in [0.1, 0.15) is 23.5 Å². The first kappa shape index (κ1) is 13.4. The molecule has 0 fully saturated rings. The molecule has 0 heterocycles. The Balaban J connectivity index is 3.21. The Hall–Kier alpha value is -1.62. The highest BCUT2D eigenvalue weighted by Crippen LogP contribution is 2.27. The molecule has 0 aliphatic rings. The Morgan fingerprint density at radius 1 is 1.59 bits per heavy atom. The molecule has 1 aromatic carbocycles. The highest BCUT2D eigenvalue weighted by atomic mass is 35.5. The minimum absolute atomic E-state index is 0.0496. The molecule has 1 unspecified atom stereocenters. The van der Waals surface area contributed by atoms with E-state index in [4.69, 9.17) is 17.3 Å². The Labute approximate surface area is 104 Å². The number of nitro groups is 1. The average Bonchev–Trinajstić information content (AvgIpc) is 2.26. The molecule has 0 saturated carbocycles. The second kappa shape index (κ2) is 5.63. The third kappa shape index (κ3) is 3.17. The minimum Gasteiger partial charge on any atom is -0.369 e. The lowest BCUT2D eigenvalue weighted by molar-refractivity contribution is -0.384. The first-order valence-corrected chi connectivity index (χ1v) is 5.61. The van der Waals surface area contributed by atoms with Gasteiger partial charge in [-0.2, -0.15) is 0 Å². The number of nitrogens with zero attached hydrogens (tertiary/aromatic N) is 1. The number of nitrogens with two attached hydrogens (primary N) is 1. The van der Waals surface area contributed by atoms with Crippen molar-refractivity contribution < 1.29 is 9.72 Å². The SMILES string of the molecule is Cc1ccc([N+](=O)[O-])cc1C(CCCl)C(N)=O. The van der Waals surface area contributed by atoms with Gasteiger partial charge in [-0.1, -0.05) is 6.07 Å². The van der Waals surface area contributed by atoms with Crippen LogP contribution in [-0.2, 0) is 4.79 Å². The number of non-ortho nitro benzene ring substituents is 1. The van der Waals surface area contributed by atoms with E-state index < -0.39 is 16.7 Å². The molecule has 92 valence electrons. The lowest BCUT2D eigenvalue weighted by atomic mass is 9.91.